The minimum absolute atomic E-state index is 0.0938. The summed E-state index contributed by atoms with van der Waals surface area (Å²) in [6.07, 6.45) is -1.33. The molecule has 0 fully saturated rings. The predicted molar refractivity (Wildman–Crippen MR) is 59.1 cm³/mol. The summed E-state index contributed by atoms with van der Waals surface area (Å²) in [6, 6.07) is 9.15. The molecular formula is C12H14O5. The lowest BCUT2D eigenvalue weighted by molar-refractivity contribution is -0.170. The maximum atomic E-state index is 11.5. The van der Waals surface area contributed by atoms with Crippen molar-refractivity contribution in [1.82, 2.24) is 0 Å². The molecule has 1 atom stereocenters. The maximum absolute atomic E-state index is 11.5. The largest absolute Gasteiger partial charge is 0.467 e. The van der Waals surface area contributed by atoms with Gasteiger partial charge in [-0.25, -0.2) is 9.59 Å². The lowest BCUT2D eigenvalue weighted by Gasteiger charge is -2.12. The predicted octanol–water partition coefficient (Wildman–Crippen LogP) is 0.918. The highest BCUT2D eigenvalue weighted by Crippen LogP contribution is 2.04. The van der Waals surface area contributed by atoms with Crippen LogP contribution < -0.4 is 0 Å². The van der Waals surface area contributed by atoms with E-state index in [0.717, 1.165) is 5.56 Å². The first-order chi connectivity index (χ1) is 8.19. The fourth-order valence-corrected chi connectivity index (χ4v) is 1.20. The molecule has 0 saturated heterocycles. The molecule has 0 unspecified atom stereocenters. The quantitative estimate of drug-likeness (QED) is 0.563. The van der Waals surface area contributed by atoms with Gasteiger partial charge in [0.05, 0.1) is 7.11 Å². The summed E-state index contributed by atoms with van der Waals surface area (Å²) in [4.78, 5) is 22.6. The van der Waals surface area contributed by atoms with E-state index in [1.807, 2.05) is 30.3 Å². The van der Waals surface area contributed by atoms with E-state index in [2.05, 4.69) is 4.74 Å². The van der Waals surface area contributed by atoms with Crippen molar-refractivity contribution in [1.29, 1.82) is 0 Å². The molecule has 92 valence electrons. The van der Waals surface area contributed by atoms with Gasteiger partial charge in [0.2, 0.25) is 0 Å². The first-order valence-electron chi connectivity index (χ1n) is 5.00. The van der Waals surface area contributed by atoms with Gasteiger partial charge in [-0.3, -0.25) is 0 Å². The van der Waals surface area contributed by atoms with Gasteiger partial charge in [-0.1, -0.05) is 30.3 Å². The monoisotopic (exact) mass is 238 g/mol. The Labute approximate surface area is 99.3 Å². The van der Waals surface area contributed by atoms with Crippen LogP contribution in [0.4, 0.5) is 0 Å². The SMILES string of the molecule is COC(=O)[C@H](OC)C(=O)OCc1ccccc1. The molecular weight excluding hydrogens is 224 g/mol. The number of methoxy groups -OCH3 is 2. The van der Waals surface area contributed by atoms with E-state index in [9.17, 15) is 9.59 Å². The molecule has 0 N–H and O–H groups in total. The Kier molecular flexibility index (Phi) is 5.16. The molecule has 0 aliphatic rings. The highest BCUT2D eigenvalue weighted by Gasteiger charge is 2.28. The van der Waals surface area contributed by atoms with Crippen molar-refractivity contribution in [3.8, 4) is 0 Å². The zero-order valence-corrected chi connectivity index (χ0v) is 9.71. The van der Waals surface area contributed by atoms with Crippen LogP contribution in [0.3, 0.4) is 0 Å². The molecule has 1 rings (SSSR count). The van der Waals surface area contributed by atoms with Gasteiger partial charge in [-0.2, -0.15) is 0 Å². The average molecular weight is 238 g/mol. The summed E-state index contributed by atoms with van der Waals surface area (Å²) >= 11 is 0. The van der Waals surface area contributed by atoms with E-state index < -0.39 is 18.0 Å². The highest BCUT2D eigenvalue weighted by atomic mass is 16.6. The zero-order valence-electron chi connectivity index (χ0n) is 9.71. The molecule has 0 spiro atoms. The molecule has 0 saturated carbocycles. The van der Waals surface area contributed by atoms with Crippen LogP contribution in [0.15, 0.2) is 30.3 Å². The maximum Gasteiger partial charge on any atom is 0.347 e. The van der Waals surface area contributed by atoms with E-state index in [4.69, 9.17) is 9.47 Å². The van der Waals surface area contributed by atoms with Gasteiger partial charge in [0.25, 0.3) is 6.10 Å². The molecule has 17 heavy (non-hydrogen) atoms. The molecule has 0 bridgehead atoms. The van der Waals surface area contributed by atoms with Crippen molar-refractivity contribution in [2.75, 3.05) is 14.2 Å². The minimum Gasteiger partial charge on any atom is -0.467 e. The second-order valence-electron chi connectivity index (χ2n) is 3.23. The minimum atomic E-state index is -1.33. The van der Waals surface area contributed by atoms with Crippen molar-refractivity contribution < 1.29 is 23.8 Å². The smallest absolute Gasteiger partial charge is 0.347 e. The molecule has 0 radical (unpaired) electrons. The van der Waals surface area contributed by atoms with Crippen molar-refractivity contribution in [2.45, 2.75) is 12.7 Å². The second kappa shape index (κ2) is 6.65. The van der Waals surface area contributed by atoms with Crippen molar-refractivity contribution in [3.63, 3.8) is 0 Å². The normalized spacial score (nSPS) is 11.6. The topological polar surface area (TPSA) is 61.8 Å². The Hall–Kier alpha value is -1.88. The number of esters is 2. The summed E-state index contributed by atoms with van der Waals surface area (Å²) in [7, 11) is 2.42. The third kappa shape index (κ3) is 3.88. The van der Waals surface area contributed by atoms with Crippen LogP contribution in [-0.4, -0.2) is 32.3 Å². The molecule has 5 nitrogen and oxygen atoms in total. The van der Waals surface area contributed by atoms with Crippen LogP contribution in [0.1, 0.15) is 5.56 Å². The van der Waals surface area contributed by atoms with Crippen LogP contribution in [0, 0.1) is 0 Å². The van der Waals surface area contributed by atoms with Gasteiger partial charge in [-0.15, -0.1) is 0 Å². The van der Waals surface area contributed by atoms with Gasteiger partial charge in [0.15, 0.2) is 0 Å². The molecule has 1 aromatic rings. The van der Waals surface area contributed by atoms with Crippen LogP contribution in [0.5, 0.6) is 0 Å². The fraction of sp³-hybridized carbons (Fsp3) is 0.333. The number of carbonyl (C=O) groups is 2. The van der Waals surface area contributed by atoms with Crippen molar-refractivity contribution in [2.24, 2.45) is 0 Å². The zero-order chi connectivity index (χ0) is 12.7. The first-order valence-corrected chi connectivity index (χ1v) is 5.00. The second-order valence-corrected chi connectivity index (χ2v) is 3.23. The Morgan fingerprint density at radius 3 is 2.29 bits per heavy atom. The summed E-state index contributed by atoms with van der Waals surface area (Å²) in [6.45, 7) is 0.0938. The number of hydrogen-bond donors (Lipinski definition) is 0. The Balaban J connectivity index is 2.51. The molecule has 1 aromatic carbocycles. The number of benzene rings is 1. The molecule has 5 heteroatoms. The van der Waals surface area contributed by atoms with Crippen LogP contribution in [0.2, 0.25) is 0 Å². The van der Waals surface area contributed by atoms with E-state index in [0.29, 0.717) is 0 Å². The van der Waals surface area contributed by atoms with E-state index in [1.54, 1.807) is 0 Å². The highest BCUT2D eigenvalue weighted by molar-refractivity contribution is 5.97. The Morgan fingerprint density at radius 1 is 1.12 bits per heavy atom. The van der Waals surface area contributed by atoms with Gasteiger partial charge in [-0.05, 0) is 5.56 Å². The van der Waals surface area contributed by atoms with Gasteiger partial charge >= 0.3 is 11.9 Å². The Bertz CT molecular complexity index is 374. The van der Waals surface area contributed by atoms with Crippen LogP contribution in [0.25, 0.3) is 0 Å². The third-order valence-electron chi connectivity index (χ3n) is 2.09. The molecule has 0 aliphatic heterocycles. The van der Waals surface area contributed by atoms with E-state index in [-0.39, 0.29) is 6.61 Å². The van der Waals surface area contributed by atoms with E-state index in [1.165, 1.54) is 14.2 Å². The molecule has 0 aliphatic carbocycles. The van der Waals surface area contributed by atoms with Gasteiger partial charge in [0.1, 0.15) is 6.61 Å². The van der Waals surface area contributed by atoms with Crippen LogP contribution in [-0.2, 0) is 30.4 Å². The number of hydrogen-bond acceptors (Lipinski definition) is 5. The number of rotatable bonds is 5. The van der Waals surface area contributed by atoms with Crippen molar-refractivity contribution >= 4 is 11.9 Å². The molecule has 0 amide bonds. The number of carbonyl (C=O) groups excluding carboxylic acids is 2. The fourth-order valence-electron chi connectivity index (χ4n) is 1.20. The number of ether oxygens (including phenoxy) is 3. The molecule has 0 heterocycles. The standard InChI is InChI=1S/C12H14O5/c1-15-10(11(13)16-2)12(14)17-8-9-6-4-3-5-7-9/h3-7,10H,8H2,1-2H3/t10-/m0/s1. The van der Waals surface area contributed by atoms with Crippen LogP contribution >= 0.6 is 0 Å². The lowest BCUT2D eigenvalue weighted by Crippen LogP contribution is -2.34. The summed E-state index contributed by atoms with van der Waals surface area (Å²) in [5.41, 5.74) is 0.834. The summed E-state index contributed by atoms with van der Waals surface area (Å²) in [5.74, 6) is -1.53. The van der Waals surface area contributed by atoms with Gasteiger partial charge < -0.3 is 14.2 Å². The van der Waals surface area contributed by atoms with Crippen molar-refractivity contribution in [3.05, 3.63) is 35.9 Å². The summed E-state index contributed by atoms with van der Waals surface area (Å²) < 4.78 is 14.1. The summed E-state index contributed by atoms with van der Waals surface area (Å²) in [5, 5.41) is 0. The Morgan fingerprint density at radius 2 is 1.76 bits per heavy atom. The average Bonchev–Trinajstić information content (AvgIpc) is 2.38. The lowest BCUT2D eigenvalue weighted by atomic mass is 10.2. The van der Waals surface area contributed by atoms with Gasteiger partial charge in [0, 0.05) is 7.11 Å². The molecule has 0 aromatic heterocycles. The first kappa shape index (κ1) is 13.2. The third-order valence-corrected chi connectivity index (χ3v) is 2.09. The van der Waals surface area contributed by atoms with E-state index >= 15 is 0 Å².